The van der Waals surface area contributed by atoms with Crippen molar-refractivity contribution in [2.24, 2.45) is 0 Å². The highest BCUT2D eigenvalue weighted by Crippen LogP contribution is 2.15. The maximum atomic E-state index is 12.4. The number of rotatable bonds is 33. The zero-order valence-corrected chi connectivity index (χ0v) is 28.7. The number of carbonyl (C=O) groups excluding carboxylic acids is 3. The van der Waals surface area contributed by atoms with E-state index in [-0.39, 0.29) is 31.1 Å². The lowest BCUT2D eigenvalue weighted by Gasteiger charge is -2.18. The van der Waals surface area contributed by atoms with E-state index in [1.165, 1.54) is 103 Å². The third-order valence-electron chi connectivity index (χ3n) is 8.11. The molecule has 0 N–H and O–H groups in total. The lowest BCUT2D eigenvalue weighted by Crippen LogP contribution is -2.30. The van der Waals surface area contributed by atoms with Crippen LogP contribution in [0.5, 0.6) is 0 Å². The molecule has 0 aromatic rings. The van der Waals surface area contributed by atoms with Crippen molar-refractivity contribution < 1.29 is 28.6 Å². The van der Waals surface area contributed by atoms with Gasteiger partial charge in [-0.3, -0.25) is 14.4 Å². The maximum absolute atomic E-state index is 12.4. The molecule has 6 heteroatoms. The van der Waals surface area contributed by atoms with E-state index in [9.17, 15) is 14.4 Å². The highest BCUT2D eigenvalue weighted by Gasteiger charge is 2.19. The zero-order chi connectivity index (χ0) is 31.6. The topological polar surface area (TPSA) is 78.9 Å². The van der Waals surface area contributed by atoms with Gasteiger partial charge in [0.1, 0.15) is 13.2 Å². The normalized spacial score (nSPS) is 11.2. The van der Waals surface area contributed by atoms with E-state index in [2.05, 4.69) is 20.8 Å². The number of hydrogen-bond acceptors (Lipinski definition) is 6. The van der Waals surface area contributed by atoms with E-state index in [4.69, 9.17) is 14.2 Å². The van der Waals surface area contributed by atoms with Crippen LogP contribution in [0, 0.1) is 0 Å². The minimum atomic E-state index is -0.752. The van der Waals surface area contributed by atoms with Crippen LogP contribution in [0.3, 0.4) is 0 Å². The molecule has 43 heavy (non-hydrogen) atoms. The quantitative estimate of drug-likeness (QED) is 0.0418. The molecule has 0 fully saturated rings. The van der Waals surface area contributed by atoms with Gasteiger partial charge in [0.15, 0.2) is 6.10 Å². The van der Waals surface area contributed by atoms with Crippen molar-refractivity contribution in [3.8, 4) is 0 Å². The second kappa shape index (κ2) is 33.3. The van der Waals surface area contributed by atoms with Crippen LogP contribution in [0.2, 0.25) is 0 Å². The molecule has 0 radical (unpaired) electrons. The van der Waals surface area contributed by atoms with Crippen LogP contribution in [0.15, 0.2) is 0 Å². The standard InChI is InChI=1S/C37H70O6/c1-4-7-10-11-12-13-14-15-16-17-18-19-20-21-22-23-24-25-28-31-37(40)43-34(32-41-35(38)29-26-8-5-2)33-42-36(39)30-27-9-6-3/h34H,4-33H2,1-3H3. The lowest BCUT2D eigenvalue weighted by atomic mass is 10.0. The fourth-order valence-electron chi connectivity index (χ4n) is 5.26. The molecule has 0 aromatic heterocycles. The van der Waals surface area contributed by atoms with Crippen molar-refractivity contribution in [3.05, 3.63) is 0 Å². The first-order valence-electron chi connectivity index (χ1n) is 18.5. The molecule has 0 saturated heterocycles. The summed E-state index contributed by atoms with van der Waals surface area (Å²) in [5, 5.41) is 0. The molecule has 0 aromatic carbocycles. The largest absolute Gasteiger partial charge is 0.462 e. The Bertz CT molecular complexity index is 609. The fourth-order valence-corrected chi connectivity index (χ4v) is 5.26. The van der Waals surface area contributed by atoms with Crippen LogP contribution in [0.25, 0.3) is 0 Å². The van der Waals surface area contributed by atoms with E-state index >= 15 is 0 Å². The summed E-state index contributed by atoms with van der Waals surface area (Å²) in [6, 6.07) is 0. The number of esters is 3. The van der Waals surface area contributed by atoms with E-state index < -0.39 is 6.10 Å². The second-order valence-electron chi connectivity index (χ2n) is 12.5. The van der Waals surface area contributed by atoms with E-state index in [1.54, 1.807) is 0 Å². The van der Waals surface area contributed by atoms with Gasteiger partial charge in [0.25, 0.3) is 0 Å². The summed E-state index contributed by atoms with van der Waals surface area (Å²) in [7, 11) is 0. The first-order valence-corrected chi connectivity index (χ1v) is 18.5. The van der Waals surface area contributed by atoms with Gasteiger partial charge in [0.05, 0.1) is 0 Å². The monoisotopic (exact) mass is 611 g/mol. The smallest absolute Gasteiger partial charge is 0.306 e. The van der Waals surface area contributed by atoms with Crippen LogP contribution in [0.1, 0.15) is 201 Å². The van der Waals surface area contributed by atoms with E-state index in [0.717, 1.165) is 57.8 Å². The molecular weight excluding hydrogens is 540 g/mol. The summed E-state index contributed by atoms with van der Waals surface area (Å²) in [5.74, 6) is -0.925. The van der Waals surface area contributed by atoms with Crippen molar-refractivity contribution in [1.29, 1.82) is 0 Å². The van der Waals surface area contributed by atoms with Gasteiger partial charge in [-0.05, 0) is 19.3 Å². The first-order chi connectivity index (χ1) is 21.0. The maximum Gasteiger partial charge on any atom is 0.306 e. The number of carbonyl (C=O) groups is 3. The Labute approximate surface area is 266 Å². The average molecular weight is 611 g/mol. The van der Waals surface area contributed by atoms with Crippen molar-refractivity contribution >= 4 is 17.9 Å². The molecular formula is C37H70O6. The fraction of sp³-hybridized carbons (Fsp3) is 0.919. The van der Waals surface area contributed by atoms with Gasteiger partial charge < -0.3 is 14.2 Å². The molecule has 0 aliphatic rings. The summed E-state index contributed by atoms with van der Waals surface area (Å²) in [5.41, 5.74) is 0. The van der Waals surface area contributed by atoms with Gasteiger partial charge in [-0.25, -0.2) is 0 Å². The Morgan fingerprint density at radius 1 is 0.372 bits per heavy atom. The summed E-state index contributed by atoms with van der Waals surface area (Å²) < 4.78 is 16.2. The van der Waals surface area contributed by atoms with Crippen LogP contribution in [-0.4, -0.2) is 37.2 Å². The summed E-state index contributed by atoms with van der Waals surface area (Å²) in [6.45, 7) is 6.30. The predicted molar refractivity (Wildman–Crippen MR) is 178 cm³/mol. The van der Waals surface area contributed by atoms with Gasteiger partial charge in [0.2, 0.25) is 0 Å². The Morgan fingerprint density at radius 3 is 0.977 bits per heavy atom. The van der Waals surface area contributed by atoms with Crippen molar-refractivity contribution in [2.45, 2.75) is 207 Å². The third kappa shape index (κ3) is 31.6. The van der Waals surface area contributed by atoms with Crippen LogP contribution in [0.4, 0.5) is 0 Å². The summed E-state index contributed by atoms with van der Waals surface area (Å²) >= 11 is 0. The molecule has 0 amide bonds. The highest BCUT2D eigenvalue weighted by atomic mass is 16.6. The molecule has 0 unspecified atom stereocenters. The molecule has 0 heterocycles. The van der Waals surface area contributed by atoms with Crippen molar-refractivity contribution in [2.75, 3.05) is 13.2 Å². The van der Waals surface area contributed by atoms with Crippen molar-refractivity contribution in [3.63, 3.8) is 0 Å². The lowest BCUT2D eigenvalue weighted by molar-refractivity contribution is -0.167. The molecule has 0 bridgehead atoms. The molecule has 0 spiro atoms. The number of unbranched alkanes of at least 4 members (excludes halogenated alkanes) is 22. The highest BCUT2D eigenvalue weighted by molar-refractivity contribution is 5.71. The molecule has 0 rings (SSSR count). The minimum Gasteiger partial charge on any atom is -0.462 e. The number of ether oxygens (including phenoxy) is 3. The second-order valence-corrected chi connectivity index (χ2v) is 12.5. The first kappa shape index (κ1) is 41.4. The third-order valence-corrected chi connectivity index (χ3v) is 8.11. The minimum absolute atomic E-state index is 0.0713. The molecule has 6 nitrogen and oxygen atoms in total. The van der Waals surface area contributed by atoms with Crippen LogP contribution < -0.4 is 0 Å². The molecule has 0 aliphatic carbocycles. The molecule has 254 valence electrons. The number of hydrogen-bond donors (Lipinski definition) is 0. The van der Waals surface area contributed by atoms with Gasteiger partial charge >= 0.3 is 17.9 Å². The Hall–Kier alpha value is -1.59. The average Bonchev–Trinajstić information content (AvgIpc) is 3.00. The van der Waals surface area contributed by atoms with Gasteiger partial charge in [-0.15, -0.1) is 0 Å². The van der Waals surface area contributed by atoms with Crippen LogP contribution >= 0.6 is 0 Å². The van der Waals surface area contributed by atoms with E-state index in [0.29, 0.717) is 19.3 Å². The van der Waals surface area contributed by atoms with Gasteiger partial charge in [-0.2, -0.15) is 0 Å². The predicted octanol–water partition coefficient (Wildman–Crippen LogP) is 11.0. The molecule has 0 saturated carbocycles. The Morgan fingerprint density at radius 2 is 0.628 bits per heavy atom. The summed E-state index contributed by atoms with van der Waals surface area (Å²) in [4.78, 5) is 36.5. The molecule has 0 aliphatic heterocycles. The van der Waals surface area contributed by atoms with E-state index in [1.807, 2.05) is 0 Å². The SMILES string of the molecule is CCCCCCCCCCCCCCCCCCCCCC(=O)OC(COC(=O)CCCCC)COC(=O)CCCCC. The van der Waals surface area contributed by atoms with Crippen molar-refractivity contribution in [1.82, 2.24) is 0 Å². The zero-order valence-electron chi connectivity index (χ0n) is 28.7. The van der Waals surface area contributed by atoms with Crippen LogP contribution in [-0.2, 0) is 28.6 Å². The summed E-state index contributed by atoms with van der Waals surface area (Å²) in [6.07, 6.45) is 30.8. The Kier molecular flexibility index (Phi) is 32.1. The Balaban J connectivity index is 3.88. The van der Waals surface area contributed by atoms with Gasteiger partial charge in [0, 0.05) is 19.3 Å². The van der Waals surface area contributed by atoms with Gasteiger partial charge in [-0.1, -0.05) is 162 Å². The molecule has 0 atom stereocenters.